The lowest BCUT2D eigenvalue weighted by Crippen LogP contribution is -2.46. The Kier molecular flexibility index (Phi) is 4.01. The van der Waals surface area contributed by atoms with E-state index < -0.39 is 0 Å². The van der Waals surface area contributed by atoms with Crippen molar-refractivity contribution in [2.24, 2.45) is 5.92 Å². The SMILES string of the molecule is Cc1csc(N2CCN(c3ccn4c(CC5CC5)nnc4c3Cl)CC2)n1. The molecular weight excluding hydrogens is 368 g/mol. The van der Waals surface area contributed by atoms with Crippen LogP contribution in [0.1, 0.15) is 24.4 Å². The van der Waals surface area contributed by atoms with Crippen molar-refractivity contribution in [3.8, 4) is 0 Å². The number of aromatic nitrogens is 4. The van der Waals surface area contributed by atoms with E-state index >= 15 is 0 Å². The van der Waals surface area contributed by atoms with Gasteiger partial charge in [0.1, 0.15) is 10.8 Å². The highest BCUT2D eigenvalue weighted by molar-refractivity contribution is 7.13. The number of anilines is 2. The second kappa shape index (κ2) is 6.39. The monoisotopic (exact) mass is 388 g/mol. The van der Waals surface area contributed by atoms with Gasteiger partial charge in [-0.1, -0.05) is 11.6 Å². The molecule has 3 aromatic heterocycles. The molecule has 0 bridgehead atoms. The predicted molar refractivity (Wildman–Crippen MR) is 106 cm³/mol. The second-order valence-corrected chi connectivity index (χ2v) is 8.43. The summed E-state index contributed by atoms with van der Waals surface area (Å²) >= 11 is 8.43. The van der Waals surface area contributed by atoms with Gasteiger partial charge in [-0.05, 0) is 31.7 Å². The molecule has 0 unspecified atom stereocenters. The van der Waals surface area contributed by atoms with Crippen LogP contribution in [-0.2, 0) is 6.42 Å². The molecule has 0 radical (unpaired) electrons. The van der Waals surface area contributed by atoms with Crippen LogP contribution in [-0.4, -0.2) is 45.8 Å². The van der Waals surface area contributed by atoms with Crippen LogP contribution in [0, 0.1) is 12.8 Å². The molecule has 1 aliphatic carbocycles. The maximum absolute atomic E-state index is 6.71. The summed E-state index contributed by atoms with van der Waals surface area (Å²) in [7, 11) is 0. The van der Waals surface area contributed by atoms with Crippen LogP contribution < -0.4 is 9.80 Å². The van der Waals surface area contributed by atoms with Crippen molar-refractivity contribution in [1.29, 1.82) is 0 Å². The number of pyridine rings is 1. The van der Waals surface area contributed by atoms with Gasteiger partial charge in [0, 0.05) is 44.2 Å². The minimum atomic E-state index is 0.709. The van der Waals surface area contributed by atoms with E-state index in [1.54, 1.807) is 11.3 Å². The van der Waals surface area contributed by atoms with Gasteiger partial charge in [0.2, 0.25) is 0 Å². The maximum atomic E-state index is 6.71. The Morgan fingerprint density at radius 3 is 2.62 bits per heavy atom. The molecule has 5 rings (SSSR count). The first-order valence-corrected chi connectivity index (χ1v) is 10.4. The molecule has 1 saturated carbocycles. The van der Waals surface area contributed by atoms with Crippen LogP contribution in [0.25, 0.3) is 5.65 Å². The number of piperazine rings is 1. The van der Waals surface area contributed by atoms with Crippen molar-refractivity contribution in [3.05, 3.63) is 34.2 Å². The van der Waals surface area contributed by atoms with Crippen molar-refractivity contribution < 1.29 is 0 Å². The summed E-state index contributed by atoms with van der Waals surface area (Å²) in [5.41, 5.74) is 2.92. The lowest BCUT2D eigenvalue weighted by molar-refractivity contribution is 0.651. The average molecular weight is 389 g/mol. The first kappa shape index (κ1) is 16.3. The number of hydrogen-bond acceptors (Lipinski definition) is 6. The number of aryl methyl sites for hydroxylation is 1. The van der Waals surface area contributed by atoms with Crippen LogP contribution in [0.4, 0.5) is 10.8 Å². The van der Waals surface area contributed by atoms with Gasteiger partial charge in [-0.15, -0.1) is 21.5 Å². The molecule has 0 amide bonds. The van der Waals surface area contributed by atoms with E-state index in [1.165, 1.54) is 12.8 Å². The number of nitrogens with zero attached hydrogens (tertiary/aromatic N) is 6. The highest BCUT2D eigenvalue weighted by atomic mass is 35.5. The molecule has 4 heterocycles. The molecule has 0 N–H and O–H groups in total. The number of rotatable bonds is 4. The summed E-state index contributed by atoms with van der Waals surface area (Å²) in [6.07, 6.45) is 5.70. The molecule has 26 heavy (non-hydrogen) atoms. The normalized spacial score (nSPS) is 18.1. The number of thiazole rings is 1. The van der Waals surface area contributed by atoms with Gasteiger partial charge in [-0.25, -0.2) is 4.98 Å². The van der Waals surface area contributed by atoms with Gasteiger partial charge in [-0.2, -0.15) is 0 Å². The summed E-state index contributed by atoms with van der Waals surface area (Å²) in [6.45, 7) is 5.80. The lowest BCUT2D eigenvalue weighted by Gasteiger charge is -2.36. The van der Waals surface area contributed by atoms with E-state index in [0.717, 1.165) is 66.5 Å². The quantitative estimate of drug-likeness (QED) is 0.685. The first-order chi connectivity index (χ1) is 12.7. The maximum Gasteiger partial charge on any atom is 0.185 e. The van der Waals surface area contributed by atoms with Crippen molar-refractivity contribution in [2.45, 2.75) is 26.2 Å². The Balaban J connectivity index is 1.35. The van der Waals surface area contributed by atoms with Gasteiger partial charge >= 0.3 is 0 Å². The molecule has 2 fully saturated rings. The Morgan fingerprint density at radius 1 is 1.15 bits per heavy atom. The van der Waals surface area contributed by atoms with Crippen LogP contribution >= 0.6 is 22.9 Å². The fraction of sp³-hybridized carbons (Fsp3) is 0.500. The summed E-state index contributed by atoms with van der Waals surface area (Å²) < 4.78 is 2.05. The first-order valence-electron chi connectivity index (χ1n) is 9.13. The van der Waals surface area contributed by atoms with E-state index in [9.17, 15) is 0 Å². The molecule has 0 atom stereocenters. The number of fused-ring (bicyclic) bond motifs is 1. The topological polar surface area (TPSA) is 49.6 Å². The van der Waals surface area contributed by atoms with E-state index in [2.05, 4.69) is 47.0 Å². The largest absolute Gasteiger partial charge is 0.367 e. The Hall–Kier alpha value is -1.86. The minimum Gasteiger partial charge on any atom is -0.367 e. The third-order valence-electron chi connectivity index (χ3n) is 5.24. The molecule has 6 nitrogen and oxygen atoms in total. The van der Waals surface area contributed by atoms with Crippen LogP contribution in [0.15, 0.2) is 17.6 Å². The zero-order valence-electron chi connectivity index (χ0n) is 14.7. The third kappa shape index (κ3) is 2.93. The average Bonchev–Trinajstić information content (AvgIpc) is 3.21. The van der Waals surface area contributed by atoms with E-state index in [1.807, 2.05) is 6.92 Å². The van der Waals surface area contributed by atoms with Crippen molar-refractivity contribution in [3.63, 3.8) is 0 Å². The van der Waals surface area contributed by atoms with E-state index in [4.69, 9.17) is 11.6 Å². The predicted octanol–water partition coefficient (Wildman–Crippen LogP) is 3.43. The van der Waals surface area contributed by atoms with E-state index in [-0.39, 0.29) is 0 Å². The molecule has 3 aromatic rings. The van der Waals surface area contributed by atoms with Crippen molar-refractivity contribution in [1.82, 2.24) is 19.6 Å². The van der Waals surface area contributed by atoms with Crippen LogP contribution in [0.5, 0.6) is 0 Å². The Bertz CT molecular complexity index is 938. The zero-order valence-corrected chi connectivity index (χ0v) is 16.3. The molecule has 0 aromatic carbocycles. The molecule has 8 heteroatoms. The summed E-state index contributed by atoms with van der Waals surface area (Å²) in [6, 6.07) is 2.11. The van der Waals surface area contributed by atoms with Gasteiger partial charge < -0.3 is 9.80 Å². The van der Waals surface area contributed by atoms with Gasteiger partial charge in [0.15, 0.2) is 10.8 Å². The van der Waals surface area contributed by atoms with Gasteiger partial charge in [0.05, 0.1) is 11.4 Å². The second-order valence-electron chi connectivity index (χ2n) is 7.22. The van der Waals surface area contributed by atoms with Gasteiger partial charge in [0.25, 0.3) is 0 Å². The number of halogens is 1. The van der Waals surface area contributed by atoms with Gasteiger partial charge in [-0.3, -0.25) is 4.40 Å². The fourth-order valence-electron chi connectivity index (χ4n) is 3.55. The molecule has 136 valence electrons. The highest BCUT2D eigenvalue weighted by Crippen LogP contribution is 2.34. The lowest BCUT2D eigenvalue weighted by atomic mass is 10.2. The zero-order chi connectivity index (χ0) is 17.7. The van der Waals surface area contributed by atoms with Crippen molar-refractivity contribution in [2.75, 3.05) is 36.0 Å². The summed E-state index contributed by atoms with van der Waals surface area (Å²) in [4.78, 5) is 9.29. The fourth-order valence-corrected chi connectivity index (χ4v) is 4.72. The Morgan fingerprint density at radius 2 is 1.92 bits per heavy atom. The number of hydrogen-bond donors (Lipinski definition) is 0. The molecule has 1 aliphatic heterocycles. The molecule has 2 aliphatic rings. The van der Waals surface area contributed by atoms with Crippen LogP contribution in [0.3, 0.4) is 0 Å². The molecule has 1 saturated heterocycles. The summed E-state index contributed by atoms with van der Waals surface area (Å²) in [5.74, 6) is 1.81. The summed E-state index contributed by atoms with van der Waals surface area (Å²) in [5, 5.41) is 12.7. The van der Waals surface area contributed by atoms with Crippen LogP contribution in [0.2, 0.25) is 5.02 Å². The standard InChI is InChI=1S/C18H21ClN6S/c1-12-11-26-18(20-12)24-8-6-23(7-9-24)14-4-5-25-15(10-13-2-3-13)21-22-17(25)16(14)19/h4-5,11,13H,2-3,6-10H2,1H3. The Labute approximate surface area is 161 Å². The molecule has 0 spiro atoms. The van der Waals surface area contributed by atoms with Crippen molar-refractivity contribution >= 4 is 39.4 Å². The minimum absolute atomic E-state index is 0.709. The third-order valence-corrected chi connectivity index (χ3v) is 6.62. The smallest absolute Gasteiger partial charge is 0.185 e. The highest BCUT2D eigenvalue weighted by Gasteiger charge is 2.26. The molecular formula is C18H21ClN6S. The van der Waals surface area contributed by atoms with E-state index in [0.29, 0.717) is 5.02 Å².